The van der Waals surface area contributed by atoms with Gasteiger partial charge in [-0.25, -0.2) is 4.79 Å². The Morgan fingerprint density at radius 2 is 1.71 bits per heavy atom. The summed E-state index contributed by atoms with van der Waals surface area (Å²) < 4.78 is 15.9. The van der Waals surface area contributed by atoms with E-state index in [2.05, 4.69) is 16.0 Å². The Bertz CT molecular complexity index is 1020. The normalized spacial score (nSPS) is 12.3. The van der Waals surface area contributed by atoms with Crippen molar-refractivity contribution in [1.82, 2.24) is 5.32 Å². The average Bonchev–Trinajstić information content (AvgIpc) is 2.84. The van der Waals surface area contributed by atoms with Gasteiger partial charge in [0.2, 0.25) is 17.6 Å². The van der Waals surface area contributed by atoms with Crippen LogP contribution in [0.3, 0.4) is 0 Å². The third-order valence-electron chi connectivity index (χ3n) is 5.32. The number of para-hydroxylation sites is 2. The standard InChI is InChI=1S/C24H30N4O6/c1-32-19-13-16(14-20(33-2)23(19)34-3)26-21(29)11-5-4-8-12-25-24(31)28-15-22(30)27-17-9-6-7-10-18(17)28/h6-7,9-10,13-14H,4-5,8,11-12,15H2,1-3H3,(H,25,31)(H,26,29)(H,27,30). The van der Waals surface area contributed by atoms with Crippen molar-refractivity contribution in [3.05, 3.63) is 36.4 Å². The topological polar surface area (TPSA) is 118 Å². The second-order valence-electron chi connectivity index (χ2n) is 7.66. The number of urea groups is 1. The van der Waals surface area contributed by atoms with E-state index in [9.17, 15) is 14.4 Å². The number of carbonyl (C=O) groups is 3. The molecule has 0 fully saturated rings. The fourth-order valence-electron chi connectivity index (χ4n) is 3.67. The van der Waals surface area contributed by atoms with Crippen molar-refractivity contribution in [3.63, 3.8) is 0 Å². The number of unbranched alkanes of at least 4 members (excludes halogenated alkanes) is 2. The lowest BCUT2D eigenvalue weighted by atomic mass is 10.1. The van der Waals surface area contributed by atoms with E-state index < -0.39 is 0 Å². The molecule has 10 heteroatoms. The molecule has 0 radical (unpaired) electrons. The highest BCUT2D eigenvalue weighted by Gasteiger charge is 2.26. The zero-order valence-corrected chi connectivity index (χ0v) is 19.6. The summed E-state index contributed by atoms with van der Waals surface area (Å²) >= 11 is 0. The first-order chi connectivity index (χ1) is 16.5. The molecule has 1 heterocycles. The molecule has 182 valence electrons. The molecular formula is C24H30N4O6. The van der Waals surface area contributed by atoms with Gasteiger partial charge < -0.3 is 30.2 Å². The van der Waals surface area contributed by atoms with Crippen molar-refractivity contribution in [3.8, 4) is 17.2 Å². The summed E-state index contributed by atoms with van der Waals surface area (Å²) in [5.74, 6) is 1.02. The molecule has 2 aromatic rings. The number of nitrogens with zero attached hydrogens (tertiary/aromatic N) is 1. The van der Waals surface area contributed by atoms with Gasteiger partial charge in [-0.3, -0.25) is 14.5 Å². The molecule has 3 N–H and O–H groups in total. The van der Waals surface area contributed by atoms with Crippen molar-refractivity contribution in [2.24, 2.45) is 0 Å². The number of methoxy groups -OCH3 is 3. The van der Waals surface area contributed by atoms with E-state index in [4.69, 9.17) is 14.2 Å². The van der Waals surface area contributed by atoms with Crippen molar-refractivity contribution < 1.29 is 28.6 Å². The number of nitrogens with one attached hydrogen (secondary N) is 3. The lowest BCUT2D eigenvalue weighted by Gasteiger charge is -2.29. The molecule has 34 heavy (non-hydrogen) atoms. The third-order valence-corrected chi connectivity index (χ3v) is 5.32. The van der Waals surface area contributed by atoms with Crippen molar-refractivity contribution in [2.45, 2.75) is 25.7 Å². The predicted molar refractivity (Wildman–Crippen MR) is 129 cm³/mol. The zero-order valence-electron chi connectivity index (χ0n) is 19.6. The first kappa shape index (κ1) is 24.7. The van der Waals surface area contributed by atoms with Gasteiger partial charge in [0.1, 0.15) is 6.54 Å². The number of carbonyl (C=O) groups excluding carboxylic acids is 3. The maximum absolute atomic E-state index is 12.5. The molecule has 0 aromatic heterocycles. The Hall–Kier alpha value is -3.95. The van der Waals surface area contributed by atoms with E-state index in [1.54, 1.807) is 30.3 Å². The number of hydrogen-bond donors (Lipinski definition) is 3. The van der Waals surface area contributed by atoms with Gasteiger partial charge in [0.25, 0.3) is 0 Å². The van der Waals surface area contributed by atoms with Crippen LogP contribution in [-0.4, -0.2) is 52.3 Å². The lowest BCUT2D eigenvalue weighted by Crippen LogP contribution is -2.47. The van der Waals surface area contributed by atoms with Gasteiger partial charge in [0.05, 0.1) is 32.7 Å². The summed E-state index contributed by atoms with van der Waals surface area (Å²) in [5.41, 5.74) is 1.84. The average molecular weight is 471 g/mol. The van der Waals surface area contributed by atoms with Crippen molar-refractivity contribution in [2.75, 3.05) is 50.0 Å². The van der Waals surface area contributed by atoms with Crippen LogP contribution in [0.2, 0.25) is 0 Å². The smallest absolute Gasteiger partial charge is 0.322 e. The van der Waals surface area contributed by atoms with Crippen LogP contribution in [0.4, 0.5) is 21.9 Å². The third kappa shape index (κ3) is 6.09. The Morgan fingerprint density at radius 3 is 2.38 bits per heavy atom. The second-order valence-corrected chi connectivity index (χ2v) is 7.66. The Kier molecular flexibility index (Phi) is 8.55. The Labute approximate surface area is 198 Å². The van der Waals surface area contributed by atoms with Crippen molar-refractivity contribution >= 4 is 34.9 Å². The van der Waals surface area contributed by atoms with E-state index in [1.807, 2.05) is 6.07 Å². The number of amides is 4. The SMILES string of the molecule is COc1cc(NC(=O)CCCCCNC(=O)N2CC(=O)Nc3ccccc32)cc(OC)c1OC. The molecule has 0 spiro atoms. The summed E-state index contributed by atoms with van der Waals surface area (Å²) in [4.78, 5) is 38.2. The molecule has 0 atom stereocenters. The van der Waals surface area contributed by atoms with Crippen LogP contribution in [0.1, 0.15) is 25.7 Å². The highest BCUT2D eigenvalue weighted by Crippen LogP contribution is 2.40. The van der Waals surface area contributed by atoms with Crippen LogP contribution < -0.4 is 35.1 Å². The number of rotatable bonds is 10. The maximum Gasteiger partial charge on any atom is 0.322 e. The first-order valence-corrected chi connectivity index (χ1v) is 11.0. The molecule has 0 unspecified atom stereocenters. The molecule has 0 saturated carbocycles. The number of benzene rings is 2. The van der Waals surface area contributed by atoms with Gasteiger partial charge in [-0.15, -0.1) is 0 Å². The van der Waals surface area contributed by atoms with E-state index in [1.165, 1.54) is 26.2 Å². The molecule has 0 saturated heterocycles. The van der Waals surface area contributed by atoms with Crippen molar-refractivity contribution in [1.29, 1.82) is 0 Å². The number of anilines is 3. The van der Waals surface area contributed by atoms with E-state index >= 15 is 0 Å². The number of fused-ring (bicyclic) bond motifs is 1. The molecule has 0 bridgehead atoms. The van der Waals surface area contributed by atoms with Crippen LogP contribution in [0.5, 0.6) is 17.2 Å². The van der Waals surface area contributed by atoms with Crippen LogP contribution in [0.15, 0.2) is 36.4 Å². The highest BCUT2D eigenvalue weighted by molar-refractivity contribution is 6.09. The van der Waals surface area contributed by atoms with Crippen LogP contribution in [-0.2, 0) is 9.59 Å². The lowest BCUT2D eigenvalue weighted by molar-refractivity contribution is -0.116. The number of ether oxygens (including phenoxy) is 3. The van der Waals surface area contributed by atoms with Gasteiger partial charge in [-0.05, 0) is 25.0 Å². The van der Waals surface area contributed by atoms with Crippen LogP contribution >= 0.6 is 0 Å². The molecule has 2 aromatic carbocycles. The molecular weight excluding hydrogens is 440 g/mol. The molecule has 0 aliphatic carbocycles. The fraction of sp³-hybridized carbons (Fsp3) is 0.375. The van der Waals surface area contributed by atoms with E-state index in [-0.39, 0.29) is 24.4 Å². The quantitative estimate of drug-likeness (QED) is 0.458. The molecule has 1 aliphatic rings. The monoisotopic (exact) mass is 470 g/mol. The van der Waals surface area contributed by atoms with Crippen LogP contribution in [0.25, 0.3) is 0 Å². The number of hydrogen-bond acceptors (Lipinski definition) is 6. The second kappa shape index (κ2) is 11.8. The summed E-state index contributed by atoms with van der Waals surface area (Å²) in [5, 5.41) is 8.44. The molecule has 4 amide bonds. The van der Waals surface area contributed by atoms with Gasteiger partial charge in [-0.1, -0.05) is 18.6 Å². The summed E-state index contributed by atoms with van der Waals surface area (Å²) in [6.45, 7) is 0.428. The largest absolute Gasteiger partial charge is 0.493 e. The Morgan fingerprint density at radius 1 is 1.00 bits per heavy atom. The van der Waals surface area contributed by atoms with Gasteiger partial charge in [-0.2, -0.15) is 0 Å². The Balaban J connectivity index is 1.40. The van der Waals surface area contributed by atoms with Gasteiger partial charge in [0, 0.05) is 30.8 Å². The van der Waals surface area contributed by atoms with Crippen LogP contribution in [0, 0.1) is 0 Å². The first-order valence-electron chi connectivity index (χ1n) is 11.0. The minimum Gasteiger partial charge on any atom is -0.493 e. The highest BCUT2D eigenvalue weighted by atomic mass is 16.5. The predicted octanol–water partition coefficient (Wildman–Crippen LogP) is 3.38. The van der Waals surface area contributed by atoms with Gasteiger partial charge in [0.15, 0.2) is 11.5 Å². The summed E-state index contributed by atoms with van der Waals surface area (Å²) in [6.07, 6.45) is 2.48. The van der Waals surface area contributed by atoms with E-state index in [0.29, 0.717) is 60.1 Å². The minimum atomic E-state index is -0.317. The summed E-state index contributed by atoms with van der Waals surface area (Å²) in [6, 6.07) is 10.2. The minimum absolute atomic E-state index is 0.0239. The van der Waals surface area contributed by atoms with E-state index in [0.717, 1.165) is 6.42 Å². The molecule has 1 aliphatic heterocycles. The maximum atomic E-state index is 12.5. The summed E-state index contributed by atoms with van der Waals surface area (Å²) in [7, 11) is 4.55. The fourth-order valence-corrected chi connectivity index (χ4v) is 3.67. The van der Waals surface area contributed by atoms with Gasteiger partial charge >= 0.3 is 6.03 Å². The zero-order chi connectivity index (χ0) is 24.5. The molecule has 3 rings (SSSR count). The molecule has 10 nitrogen and oxygen atoms in total.